The van der Waals surface area contributed by atoms with Gasteiger partial charge in [-0.2, -0.15) is 9.97 Å². The molecule has 0 amide bonds. The molecule has 9 nitrogen and oxygen atoms in total. The van der Waals surface area contributed by atoms with Crippen molar-refractivity contribution < 1.29 is 14.9 Å². The molecule has 3 aromatic rings. The molecular formula is C24H36N6O3. The van der Waals surface area contributed by atoms with Crippen molar-refractivity contribution in [3.05, 3.63) is 30.1 Å². The number of aromatic hydroxyl groups is 1. The van der Waals surface area contributed by atoms with Crippen LogP contribution in [0.1, 0.15) is 59.1 Å². The smallest absolute Gasteiger partial charge is 0.226 e. The average molecular weight is 457 g/mol. The summed E-state index contributed by atoms with van der Waals surface area (Å²) < 4.78 is 7.31. The number of fused-ring (bicyclic) bond motifs is 1. The lowest BCUT2D eigenvalue weighted by Gasteiger charge is -2.26. The van der Waals surface area contributed by atoms with Crippen molar-refractivity contribution in [2.45, 2.75) is 65.6 Å². The Hall–Kier alpha value is -3.07. The molecule has 2 heterocycles. The number of benzene rings is 1. The van der Waals surface area contributed by atoms with Crippen molar-refractivity contribution in [1.29, 1.82) is 0 Å². The van der Waals surface area contributed by atoms with Gasteiger partial charge in [0.15, 0.2) is 28.5 Å². The number of aromatic nitrogens is 4. The van der Waals surface area contributed by atoms with Crippen LogP contribution in [0.4, 0.5) is 11.8 Å². The Labute approximate surface area is 195 Å². The van der Waals surface area contributed by atoms with E-state index in [0.717, 1.165) is 18.5 Å². The third-order valence-electron chi connectivity index (χ3n) is 6.28. The van der Waals surface area contributed by atoms with Crippen molar-refractivity contribution in [2.24, 2.45) is 5.92 Å². The first kappa shape index (κ1) is 24.6. The summed E-state index contributed by atoms with van der Waals surface area (Å²) in [5.74, 6) is 1.54. The lowest BCUT2D eigenvalue weighted by molar-refractivity contribution is 0.0303. The Kier molecular flexibility index (Phi) is 7.63. The Bertz CT molecular complexity index is 1070. The lowest BCUT2D eigenvalue weighted by atomic mass is 9.93. The standard InChI is InChI=1S/C24H36N6O3/c1-7-17(8-2)30-14-27-19-21(25-13-16-10-9-11-18(33-6)20(16)31)28-23(29-22(19)30)26-12-15(3)24(4,5)32/h9-11,14-15,17,31-32H,7-8,12-13H2,1-6H3,(H2,25,26,28,29). The Morgan fingerprint density at radius 3 is 2.52 bits per heavy atom. The van der Waals surface area contributed by atoms with Crippen LogP contribution in [0.15, 0.2) is 24.5 Å². The molecule has 0 fully saturated rings. The molecular weight excluding hydrogens is 420 g/mol. The van der Waals surface area contributed by atoms with Gasteiger partial charge in [0.1, 0.15) is 0 Å². The van der Waals surface area contributed by atoms with Crippen LogP contribution in [0, 0.1) is 5.92 Å². The predicted molar refractivity (Wildman–Crippen MR) is 131 cm³/mol. The summed E-state index contributed by atoms with van der Waals surface area (Å²) in [5.41, 5.74) is 1.28. The minimum absolute atomic E-state index is 0.00844. The molecule has 180 valence electrons. The third kappa shape index (κ3) is 5.47. The molecule has 0 aliphatic carbocycles. The van der Waals surface area contributed by atoms with Gasteiger partial charge >= 0.3 is 0 Å². The summed E-state index contributed by atoms with van der Waals surface area (Å²) >= 11 is 0. The van der Waals surface area contributed by atoms with Gasteiger partial charge in [0.2, 0.25) is 5.95 Å². The monoisotopic (exact) mass is 456 g/mol. The van der Waals surface area contributed by atoms with E-state index >= 15 is 0 Å². The second-order valence-corrected chi connectivity index (χ2v) is 8.95. The summed E-state index contributed by atoms with van der Waals surface area (Å²) in [6.45, 7) is 10.7. The summed E-state index contributed by atoms with van der Waals surface area (Å²) in [6, 6.07) is 5.65. The van der Waals surface area contributed by atoms with Crippen LogP contribution >= 0.6 is 0 Å². The fourth-order valence-corrected chi connectivity index (χ4v) is 3.62. The molecule has 0 aliphatic heterocycles. The van der Waals surface area contributed by atoms with Crippen LogP contribution in [0.2, 0.25) is 0 Å². The molecule has 33 heavy (non-hydrogen) atoms. The number of nitrogens with one attached hydrogen (secondary N) is 2. The molecule has 1 unspecified atom stereocenters. The molecule has 4 N–H and O–H groups in total. The molecule has 0 saturated heterocycles. The van der Waals surface area contributed by atoms with Gasteiger partial charge in [0.25, 0.3) is 0 Å². The van der Waals surface area contributed by atoms with Crippen molar-refractivity contribution in [3.8, 4) is 11.5 Å². The molecule has 0 radical (unpaired) electrons. The molecule has 1 atom stereocenters. The maximum absolute atomic E-state index is 10.4. The minimum atomic E-state index is -0.820. The quantitative estimate of drug-likeness (QED) is 0.337. The number of ether oxygens (including phenoxy) is 1. The van der Waals surface area contributed by atoms with Gasteiger partial charge in [-0.1, -0.05) is 32.9 Å². The van der Waals surface area contributed by atoms with Crippen LogP contribution in [0.25, 0.3) is 11.2 Å². The van der Waals surface area contributed by atoms with Gasteiger partial charge in [0.05, 0.1) is 19.0 Å². The molecule has 0 spiro atoms. The lowest BCUT2D eigenvalue weighted by Crippen LogP contribution is -2.33. The number of anilines is 2. The zero-order valence-corrected chi connectivity index (χ0v) is 20.4. The van der Waals surface area contributed by atoms with Gasteiger partial charge in [-0.05, 0) is 32.8 Å². The number of hydrogen-bond donors (Lipinski definition) is 4. The molecule has 9 heteroatoms. The van der Waals surface area contributed by atoms with Crippen LogP contribution in [0.5, 0.6) is 11.5 Å². The van der Waals surface area contributed by atoms with E-state index in [1.165, 1.54) is 7.11 Å². The highest BCUT2D eigenvalue weighted by Gasteiger charge is 2.23. The number of rotatable bonds is 11. The van der Waals surface area contributed by atoms with Crippen molar-refractivity contribution in [3.63, 3.8) is 0 Å². The first-order valence-electron chi connectivity index (χ1n) is 11.5. The van der Waals surface area contributed by atoms with E-state index in [2.05, 4.69) is 39.0 Å². The van der Waals surface area contributed by atoms with Crippen molar-refractivity contribution in [2.75, 3.05) is 24.3 Å². The van der Waals surface area contributed by atoms with Crippen molar-refractivity contribution in [1.82, 2.24) is 19.5 Å². The highest BCUT2D eigenvalue weighted by atomic mass is 16.5. The number of aliphatic hydroxyl groups is 1. The molecule has 2 aromatic heterocycles. The molecule has 0 aliphatic rings. The van der Waals surface area contributed by atoms with Crippen LogP contribution in [0.3, 0.4) is 0 Å². The van der Waals surface area contributed by atoms with Gasteiger partial charge in [0, 0.05) is 30.6 Å². The van der Waals surface area contributed by atoms with E-state index in [1.807, 2.05) is 25.4 Å². The summed E-state index contributed by atoms with van der Waals surface area (Å²) in [5, 5.41) is 27.3. The minimum Gasteiger partial charge on any atom is -0.504 e. The third-order valence-corrected chi connectivity index (χ3v) is 6.28. The zero-order valence-electron chi connectivity index (χ0n) is 20.4. The van der Waals surface area contributed by atoms with E-state index in [4.69, 9.17) is 9.72 Å². The number of phenolic OH excluding ortho intramolecular Hbond substituents is 1. The topological polar surface area (TPSA) is 117 Å². The van der Waals surface area contributed by atoms with E-state index in [0.29, 0.717) is 41.7 Å². The second kappa shape index (κ2) is 10.2. The normalized spacial score (nSPS) is 12.8. The fourth-order valence-electron chi connectivity index (χ4n) is 3.62. The van der Waals surface area contributed by atoms with Crippen LogP contribution < -0.4 is 15.4 Å². The fraction of sp³-hybridized carbons (Fsp3) is 0.542. The Balaban J connectivity index is 1.96. The van der Waals surface area contributed by atoms with E-state index in [9.17, 15) is 10.2 Å². The highest BCUT2D eigenvalue weighted by molar-refractivity contribution is 5.84. The largest absolute Gasteiger partial charge is 0.504 e. The molecule has 0 saturated carbocycles. The highest BCUT2D eigenvalue weighted by Crippen LogP contribution is 2.31. The first-order chi connectivity index (χ1) is 15.7. The number of para-hydroxylation sites is 1. The van der Waals surface area contributed by atoms with E-state index in [-0.39, 0.29) is 17.7 Å². The predicted octanol–water partition coefficient (Wildman–Crippen LogP) is 4.33. The molecule has 3 rings (SSSR count). The van der Waals surface area contributed by atoms with Gasteiger partial charge in [-0.3, -0.25) is 0 Å². The maximum Gasteiger partial charge on any atom is 0.226 e. The van der Waals surface area contributed by atoms with Gasteiger partial charge in [-0.25, -0.2) is 4.98 Å². The van der Waals surface area contributed by atoms with Gasteiger partial charge < -0.3 is 30.2 Å². The zero-order chi connectivity index (χ0) is 24.2. The van der Waals surface area contributed by atoms with Crippen LogP contribution in [-0.4, -0.2) is 49.0 Å². The maximum atomic E-state index is 10.4. The number of nitrogens with zero attached hydrogens (tertiary/aromatic N) is 4. The number of imidazole rings is 1. The van der Waals surface area contributed by atoms with E-state index in [1.54, 1.807) is 19.9 Å². The Morgan fingerprint density at radius 2 is 1.88 bits per heavy atom. The Morgan fingerprint density at radius 1 is 1.15 bits per heavy atom. The van der Waals surface area contributed by atoms with Crippen molar-refractivity contribution >= 4 is 22.9 Å². The summed E-state index contributed by atoms with van der Waals surface area (Å²) in [7, 11) is 1.53. The van der Waals surface area contributed by atoms with Crippen LogP contribution in [-0.2, 0) is 6.54 Å². The van der Waals surface area contributed by atoms with E-state index < -0.39 is 5.60 Å². The number of hydrogen-bond acceptors (Lipinski definition) is 8. The number of phenols is 1. The van der Waals surface area contributed by atoms with Gasteiger partial charge in [-0.15, -0.1) is 0 Å². The second-order valence-electron chi connectivity index (χ2n) is 8.95. The summed E-state index contributed by atoms with van der Waals surface area (Å²) in [6.07, 6.45) is 3.74. The first-order valence-corrected chi connectivity index (χ1v) is 11.5. The molecule has 1 aromatic carbocycles. The number of methoxy groups -OCH3 is 1. The SMILES string of the molecule is CCC(CC)n1cnc2c(NCc3cccc(OC)c3O)nc(NCC(C)C(C)(C)O)nc21. The summed E-state index contributed by atoms with van der Waals surface area (Å²) in [4.78, 5) is 14.0. The molecule has 0 bridgehead atoms. The average Bonchev–Trinajstić information content (AvgIpc) is 3.21.